The van der Waals surface area contributed by atoms with Crippen LogP contribution in [-0.2, 0) is 28.7 Å². The maximum Gasteiger partial charge on any atom is 0.306 e. The Bertz CT molecular complexity index is 1610. The first-order chi connectivity index (χ1) is 25.5. The summed E-state index contributed by atoms with van der Waals surface area (Å²) in [6.45, 7) is 17.2. The lowest BCUT2D eigenvalue weighted by molar-refractivity contribution is -0.146. The van der Waals surface area contributed by atoms with Gasteiger partial charge in [0.05, 0.1) is 36.6 Å². The molecule has 11 nitrogen and oxygen atoms in total. The fourth-order valence-corrected chi connectivity index (χ4v) is 8.56. The molecule has 0 unspecified atom stereocenters. The molecule has 3 aliphatic rings. The summed E-state index contributed by atoms with van der Waals surface area (Å²) in [5, 5.41) is 13.8. The Morgan fingerprint density at radius 3 is 2.34 bits per heavy atom. The number of ether oxygens (including phenoxy) is 2. The Morgan fingerprint density at radius 2 is 1.74 bits per heavy atom. The largest absolute Gasteiger partial charge is 0.463 e. The van der Waals surface area contributed by atoms with Gasteiger partial charge in [0.2, 0.25) is 11.8 Å². The molecule has 0 radical (unpaired) electrons. The number of carbonyl (C=O) groups is 4. The summed E-state index contributed by atoms with van der Waals surface area (Å²) in [6.07, 6.45) is 4.71. The Morgan fingerprint density at radius 1 is 1.06 bits per heavy atom. The van der Waals surface area contributed by atoms with Crippen molar-refractivity contribution in [2.24, 2.45) is 17.8 Å². The van der Waals surface area contributed by atoms with Crippen molar-refractivity contribution in [3.05, 3.63) is 85.5 Å². The van der Waals surface area contributed by atoms with E-state index in [-0.39, 0.29) is 43.9 Å². The van der Waals surface area contributed by atoms with Crippen molar-refractivity contribution in [2.45, 2.75) is 89.6 Å². The van der Waals surface area contributed by atoms with Gasteiger partial charge in [0.1, 0.15) is 18.2 Å². The van der Waals surface area contributed by atoms with Crippen LogP contribution in [0.15, 0.2) is 79.9 Å². The fraction of sp³-hybridized carbons (Fsp3) is 0.524. The third-order valence-corrected chi connectivity index (χ3v) is 11.0. The average molecular weight is 729 g/mol. The lowest BCUT2D eigenvalue weighted by atomic mass is 9.70. The van der Waals surface area contributed by atoms with E-state index in [0.717, 1.165) is 24.3 Å². The number of aliphatic hydroxyl groups is 1. The molecule has 2 bridgehead atoms. The smallest absolute Gasteiger partial charge is 0.306 e. The number of nitrogens with zero attached hydrogens (tertiary/aromatic N) is 3. The highest BCUT2D eigenvalue weighted by Gasteiger charge is 2.75. The second-order valence-corrected chi connectivity index (χ2v) is 14.7. The summed E-state index contributed by atoms with van der Waals surface area (Å²) >= 11 is 0. The number of amides is 3. The van der Waals surface area contributed by atoms with Crippen molar-refractivity contribution in [1.29, 1.82) is 0 Å². The highest BCUT2D eigenvalue weighted by molar-refractivity contribution is 6.05. The number of nitrogens with one attached hydrogen (secondary N) is 1. The van der Waals surface area contributed by atoms with Crippen LogP contribution in [0, 0.1) is 17.8 Å². The first kappa shape index (κ1) is 39.7. The summed E-state index contributed by atoms with van der Waals surface area (Å²) in [5.41, 5.74) is 1.15. The molecule has 3 saturated heterocycles. The molecule has 3 fully saturated rings. The number of esters is 1. The summed E-state index contributed by atoms with van der Waals surface area (Å²) in [4.78, 5) is 62.2. The zero-order valence-electron chi connectivity index (χ0n) is 31.6. The van der Waals surface area contributed by atoms with Crippen LogP contribution in [0.4, 0.5) is 11.4 Å². The SMILES string of the molecule is C=CCCC(=O)OC[C@@H](NC(=O)[C@@H]1[C@@H]2CC[C@]3(O2)[C@H](C(=O)N(CC=C)c2ccc(N(CC)CC)cc2)N([C@@H](CO)CC(C)C)C(=O)[C@@H]13)c1ccccc1. The third kappa shape index (κ3) is 8.06. The Kier molecular flexibility index (Phi) is 13.2. The zero-order valence-corrected chi connectivity index (χ0v) is 31.6. The van der Waals surface area contributed by atoms with E-state index in [1.807, 2.05) is 68.4 Å². The van der Waals surface area contributed by atoms with Gasteiger partial charge in [0, 0.05) is 37.4 Å². The number of fused-ring (bicyclic) bond motifs is 1. The predicted octanol–water partition coefficient (Wildman–Crippen LogP) is 5.20. The van der Waals surface area contributed by atoms with Gasteiger partial charge in [-0.3, -0.25) is 19.2 Å². The lowest BCUT2D eigenvalue weighted by Crippen LogP contribution is -2.59. The normalized spacial score (nSPS) is 24.0. The number of rotatable bonds is 19. The van der Waals surface area contributed by atoms with Gasteiger partial charge in [0.25, 0.3) is 5.91 Å². The molecule has 2 N–H and O–H groups in total. The van der Waals surface area contributed by atoms with Gasteiger partial charge in [-0.1, -0.05) is 56.3 Å². The van der Waals surface area contributed by atoms with Crippen LogP contribution in [-0.4, -0.2) is 90.3 Å². The molecule has 7 atom stereocenters. The number of carbonyl (C=O) groups excluding carboxylic acids is 4. The van der Waals surface area contributed by atoms with E-state index in [1.54, 1.807) is 17.1 Å². The lowest BCUT2D eigenvalue weighted by Gasteiger charge is -2.39. The highest BCUT2D eigenvalue weighted by atomic mass is 16.5. The molecular formula is C42H56N4O7. The molecule has 5 rings (SSSR count). The van der Waals surface area contributed by atoms with Gasteiger partial charge in [-0.05, 0) is 75.3 Å². The molecule has 3 amide bonds. The maximum atomic E-state index is 15.1. The van der Waals surface area contributed by atoms with E-state index < -0.39 is 53.5 Å². The summed E-state index contributed by atoms with van der Waals surface area (Å²) in [7, 11) is 0. The summed E-state index contributed by atoms with van der Waals surface area (Å²) in [6, 6.07) is 14.6. The third-order valence-electron chi connectivity index (χ3n) is 11.0. The molecule has 0 aromatic heterocycles. The minimum atomic E-state index is -1.27. The molecule has 3 heterocycles. The molecular weight excluding hydrogens is 672 g/mol. The van der Waals surface area contributed by atoms with Crippen molar-refractivity contribution in [1.82, 2.24) is 10.2 Å². The van der Waals surface area contributed by atoms with E-state index in [2.05, 4.69) is 37.2 Å². The number of allylic oxidation sites excluding steroid dienone is 1. The number of aliphatic hydroxyl groups excluding tert-OH is 1. The van der Waals surface area contributed by atoms with Gasteiger partial charge in [-0.25, -0.2) is 0 Å². The molecule has 11 heteroatoms. The van der Waals surface area contributed by atoms with Gasteiger partial charge >= 0.3 is 5.97 Å². The van der Waals surface area contributed by atoms with E-state index in [0.29, 0.717) is 31.4 Å². The maximum absolute atomic E-state index is 15.1. The van der Waals surface area contributed by atoms with Crippen molar-refractivity contribution in [3.8, 4) is 0 Å². The van der Waals surface area contributed by atoms with Crippen LogP contribution in [0.1, 0.15) is 71.4 Å². The topological polar surface area (TPSA) is 129 Å². The van der Waals surface area contributed by atoms with Crippen LogP contribution in [0.5, 0.6) is 0 Å². The van der Waals surface area contributed by atoms with Gasteiger partial charge in [0.15, 0.2) is 0 Å². The zero-order chi connectivity index (χ0) is 38.3. The van der Waals surface area contributed by atoms with Crippen LogP contribution in [0.3, 0.4) is 0 Å². The molecule has 3 aliphatic heterocycles. The molecule has 286 valence electrons. The first-order valence-corrected chi connectivity index (χ1v) is 19.0. The molecule has 2 aromatic rings. The predicted molar refractivity (Wildman–Crippen MR) is 205 cm³/mol. The summed E-state index contributed by atoms with van der Waals surface area (Å²) < 4.78 is 12.3. The molecule has 53 heavy (non-hydrogen) atoms. The second-order valence-electron chi connectivity index (χ2n) is 14.7. The van der Waals surface area contributed by atoms with Crippen LogP contribution < -0.4 is 15.1 Å². The number of benzene rings is 2. The molecule has 1 spiro atoms. The summed E-state index contributed by atoms with van der Waals surface area (Å²) in [5.74, 6) is -3.24. The Balaban J connectivity index is 1.50. The minimum Gasteiger partial charge on any atom is -0.463 e. The minimum absolute atomic E-state index is 0.0918. The van der Waals surface area contributed by atoms with E-state index >= 15 is 4.79 Å². The monoisotopic (exact) mass is 728 g/mol. The first-order valence-electron chi connectivity index (χ1n) is 19.0. The van der Waals surface area contributed by atoms with Crippen LogP contribution in [0.25, 0.3) is 0 Å². The van der Waals surface area contributed by atoms with Crippen molar-refractivity contribution >= 4 is 35.1 Å². The Labute approximate surface area is 314 Å². The number of hydrogen-bond acceptors (Lipinski definition) is 8. The van der Waals surface area contributed by atoms with Crippen LogP contribution >= 0.6 is 0 Å². The number of likely N-dealkylation sites (tertiary alicyclic amines) is 1. The Hall–Kier alpha value is -4.48. The second kappa shape index (κ2) is 17.6. The van der Waals surface area contributed by atoms with Crippen molar-refractivity contribution in [2.75, 3.05) is 42.6 Å². The van der Waals surface area contributed by atoms with Gasteiger partial charge in [-0.15, -0.1) is 13.2 Å². The van der Waals surface area contributed by atoms with Gasteiger partial charge in [-0.2, -0.15) is 0 Å². The molecule has 0 saturated carbocycles. The molecule has 0 aliphatic carbocycles. The fourth-order valence-electron chi connectivity index (χ4n) is 8.56. The van der Waals surface area contributed by atoms with E-state index in [1.165, 1.54) is 4.90 Å². The standard InChI is InChI=1S/C42H56N4O7/c1-7-11-17-35(48)52-27-33(29-15-13-12-14-16-29)43-39(49)36-34-22-23-42(53-34)37(36)40(50)46(32(26-47)25-28(5)6)38(42)41(51)45(24-8-2)31-20-18-30(19-21-31)44(9-3)10-4/h7-8,12-16,18-21,28,32-34,36-38,47H,1-2,9-11,17,22-27H2,3-6H3,(H,43,49)/t32-,33-,34+,36-,37-,38+,42-/m1/s1. The molecule has 2 aromatic carbocycles. The number of hydrogen-bond donors (Lipinski definition) is 2. The van der Waals surface area contributed by atoms with Gasteiger partial charge < -0.3 is 34.6 Å². The van der Waals surface area contributed by atoms with E-state index in [4.69, 9.17) is 9.47 Å². The quantitative estimate of drug-likeness (QED) is 0.149. The van der Waals surface area contributed by atoms with Crippen molar-refractivity contribution < 1.29 is 33.8 Å². The number of anilines is 2. The van der Waals surface area contributed by atoms with Crippen molar-refractivity contribution in [3.63, 3.8) is 0 Å². The average Bonchev–Trinajstić information content (AvgIpc) is 3.81. The van der Waals surface area contributed by atoms with Crippen LogP contribution in [0.2, 0.25) is 0 Å². The van der Waals surface area contributed by atoms with E-state index in [9.17, 15) is 19.5 Å². The highest BCUT2D eigenvalue weighted by Crippen LogP contribution is 2.59.